The van der Waals surface area contributed by atoms with E-state index >= 15 is 0 Å². The molecule has 0 spiro atoms. The number of carboxylic acids is 2. The molecular formula is C18H31N3O6. The second-order valence-corrected chi connectivity index (χ2v) is 7.15. The van der Waals surface area contributed by atoms with Crippen LogP contribution in [0.1, 0.15) is 52.9 Å². The first kappa shape index (κ1) is 22.9. The third-order valence-corrected chi connectivity index (χ3v) is 5.18. The number of nitrogens with two attached hydrogens (primary N) is 1. The first-order valence-corrected chi connectivity index (χ1v) is 9.40. The second kappa shape index (κ2) is 10.2. The maximum absolute atomic E-state index is 12.8. The number of likely N-dealkylation sites (tertiary alicyclic amines) is 2. The van der Waals surface area contributed by atoms with Crippen LogP contribution in [-0.4, -0.2) is 75.0 Å². The summed E-state index contributed by atoms with van der Waals surface area (Å²) in [4.78, 5) is 48.7. The second-order valence-electron chi connectivity index (χ2n) is 7.15. The Morgan fingerprint density at radius 3 is 2.00 bits per heavy atom. The normalized spacial score (nSPS) is 24.0. The minimum Gasteiger partial charge on any atom is -0.481 e. The molecule has 9 heteroatoms. The lowest BCUT2D eigenvalue weighted by atomic mass is 9.98. The van der Waals surface area contributed by atoms with Crippen LogP contribution in [0.5, 0.6) is 0 Å². The van der Waals surface area contributed by atoms with Gasteiger partial charge in [-0.05, 0) is 31.6 Å². The molecule has 2 fully saturated rings. The number of carboxylic acid groups (broad SMARTS) is 2. The number of aliphatic carboxylic acids is 2. The highest BCUT2D eigenvalue weighted by Gasteiger charge is 2.43. The summed E-state index contributed by atoms with van der Waals surface area (Å²) in [6.45, 7) is 5.96. The van der Waals surface area contributed by atoms with Gasteiger partial charge in [0.05, 0.1) is 6.04 Å². The van der Waals surface area contributed by atoms with Crippen molar-refractivity contribution in [3.8, 4) is 0 Å². The van der Waals surface area contributed by atoms with Crippen molar-refractivity contribution in [2.75, 3.05) is 13.1 Å². The van der Waals surface area contributed by atoms with E-state index < -0.39 is 30.1 Å². The number of amides is 2. The van der Waals surface area contributed by atoms with Gasteiger partial charge >= 0.3 is 5.97 Å². The first-order valence-electron chi connectivity index (χ1n) is 9.40. The summed E-state index contributed by atoms with van der Waals surface area (Å²) in [7, 11) is 0. The number of carbonyl (C=O) groups excluding carboxylic acids is 2. The SMILES string of the molecule is CC(=O)O.CC[C@H](C)[C@H](N)C(=O)N1CCC[C@H]1C(=O)N1CCC[C@H]1C(=O)O. The van der Waals surface area contributed by atoms with Gasteiger partial charge in [-0.15, -0.1) is 0 Å². The summed E-state index contributed by atoms with van der Waals surface area (Å²) >= 11 is 0. The van der Waals surface area contributed by atoms with E-state index in [0.717, 1.165) is 19.8 Å². The Balaban J connectivity index is 0.000000828. The van der Waals surface area contributed by atoms with Crippen molar-refractivity contribution in [2.24, 2.45) is 11.7 Å². The summed E-state index contributed by atoms with van der Waals surface area (Å²) in [6.07, 6.45) is 3.30. The van der Waals surface area contributed by atoms with Crippen LogP contribution < -0.4 is 5.73 Å². The molecule has 0 radical (unpaired) electrons. The lowest BCUT2D eigenvalue weighted by Gasteiger charge is -2.32. The van der Waals surface area contributed by atoms with Crippen molar-refractivity contribution in [1.82, 2.24) is 9.80 Å². The van der Waals surface area contributed by atoms with Gasteiger partial charge in [0.2, 0.25) is 11.8 Å². The highest BCUT2D eigenvalue weighted by atomic mass is 16.4. The lowest BCUT2D eigenvalue weighted by Crippen LogP contribution is -2.55. The van der Waals surface area contributed by atoms with Crippen molar-refractivity contribution in [3.63, 3.8) is 0 Å². The minimum absolute atomic E-state index is 0.0532. The Labute approximate surface area is 159 Å². The summed E-state index contributed by atoms with van der Waals surface area (Å²) < 4.78 is 0. The first-order chi connectivity index (χ1) is 12.6. The van der Waals surface area contributed by atoms with Gasteiger partial charge in [0.1, 0.15) is 12.1 Å². The molecule has 0 aliphatic carbocycles. The zero-order valence-electron chi connectivity index (χ0n) is 16.3. The average molecular weight is 385 g/mol. The van der Waals surface area contributed by atoms with E-state index in [1.54, 1.807) is 4.90 Å². The Bertz CT molecular complexity index is 563. The van der Waals surface area contributed by atoms with E-state index in [1.165, 1.54) is 4.90 Å². The van der Waals surface area contributed by atoms with Crippen molar-refractivity contribution in [3.05, 3.63) is 0 Å². The number of hydrogen-bond donors (Lipinski definition) is 3. The van der Waals surface area contributed by atoms with Crippen molar-refractivity contribution in [1.29, 1.82) is 0 Å². The van der Waals surface area contributed by atoms with Crippen LogP contribution in [0.4, 0.5) is 0 Å². The molecule has 0 bridgehead atoms. The van der Waals surface area contributed by atoms with Crippen LogP contribution in [-0.2, 0) is 19.2 Å². The smallest absolute Gasteiger partial charge is 0.326 e. The van der Waals surface area contributed by atoms with Crippen LogP contribution in [0, 0.1) is 5.92 Å². The molecule has 2 aliphatic heterocycles. The van der Waals surface area contributed by atoms with Gasteiger partial charge in [0.15, 0.2) is 0 Å². The standard InChI is InChI=1S/C16H27N3O4.C2H4O2/c1-3-10(2)13(17)15(21)18-8-4-6-11(18)14(20)19-9-5-7-12(19)16(22)23;1-2(3)4/h10-13H,3-9,17H2,1-2H3,(H,22,23);1H3,(H,3,4)/t10-,11-,12-,13-;/m0./s1. The Morgan fingerprint density at radius 2 is 1.52 bits per heavy atom. The molecule has 2 heterocycles. The van der Waals surface area contributed by atoms with E-state index in [0.29, 0.717) is 32.4 Å². The van der Waals surface area contributed by atoms with Crippen LogP contribution in [0.25, 0.3) is 0 Å². The number of nitrogens with zero attached hydrogens (tertiary/aromatic N) is 2. The Hall–Kier alpha value is -2.16. The monoisotopic (exact) mass is 385 g/mol. The molecule has 0 saturated carbocycles. The number of carbonyl (C=O) groups is 4. The minimum atomic E-state index is -0.969. The van der Waals surface area contributed by atoms with Gasteiger partial charge in [-0.1, -0.05) is 20.3 Å². The topological polar surface area (TPSA) is 141 Å². The van der Waals surface area contributed by atoms with Gasteiger partial charge in [0, 0.05) is 20.0 Å². The zero-order valence-corrected chi connectivity index (χ0v) is 16.3. The average Bonchev–Trinajstić information content (AvgIpc) is 3.27. The van der Waals surface area contributed by atoms with E-state index in [-0.39, 0.29) is 17.7 Å². The maximum Gasteiger partial charge on any atom is 0.326 e. The molecule has 4 atom stereocenters. The zero-order chi connectivity index (χ0) is 20.7. The third kappa shape index (κ3) is 5.92. The van der Waals surface area contributed by atoms with Crippen molar-refractivity contribution >= 4 is 23.8 Å². The van der Waals surface area contributed by atoms with Crippen LogP contribution >= 0.6 is 0 Å². The molecule has 154 valence electrons. The fraction of sp³-hybridized carbons (Fsp3) is 0.778. The lowest BCUT2D eigenvalue weighted by molar-refractivity contribution is -0.152. The van der Waals surface area contributed by atoms with Gasteiger partial charge in [-0.25, -0.2) is 4.79 Å². The fourth-order valence-electron chi connectivity index (χ4n) is 3.45. The van der Waals surface area contributed by atoms with Crippen molar-refractivity contribution < 1.29 is 29.4 Å². The van der Waals surface area contributed by atoms with E-state index in [1.807, 2.05) is 13.8 Å². The Kier molecular flexibility index (Phi) is 8.68. The number of hydrogen-bond acceptors (Lipinski definition) is 5. The molecule has 27 heavy (non-hydrogen) atoms. The van der Waals surface area contributed by atoms with Crippen LogP contribution in [0.3, 0.4) is 0 Å². The fourth-order valence-corrected chi connectivity index (χ4v) is 3.45. The molecule has 2 amide bonds. The van der Waals surface area contributed by atoms with E-state index in [9.17, 15) is 19.5 Å². The van der Waals surface area contributed by atoms with Gasteiger partial charge in [0.25, 0.3) is 5.97 Å². The van der Waals surface area contributed by atoms with E-state index in [4.69, 9.17) is 15.6 Å². The largest absolute Gasteiger partial charge is 0.481 e. The summed E-state index contributed by atoms with van der Waals surface area (Å²) in [5, 5.41) is 16.7. The molecular weight excluding hydrogens is 354 g/mol. The highest BCUT2D eigenvalue weighted by Crippen LogP contribution is 2.26. The predicted molar refractivity (Wildman–Crippen MR) is 97.8 cm³/mol. The van der Waals surface area contributed by atoms with Crippen LogP contribution in [0.2, 0.25) is 0 Å². The molecule has 2 saturated heterocycles. The third-order valence-electron chi connectivity index (χ3n) is 5.18. The molecule has 0 aromatic rings. The summed E-state index contributed by atoms with van der Waals surface area (Å²) in [5.74, 6) is -2.18. The molecule has 9 nitrogen and oxygen atoms in total. The molecule has 0 unspecified atom stereocenters. The molecule has 0 aromatic carbocycles. The molecule has 4 N–H and O–H groups in total. The number of rotatable bonds is 5. The van der Waals surface area contributed by atoms with Crippen molar-refractivity contribution in [2.45, 2.75) is 71.0 Å². The molecule has 2 aliphatic rings. The molecule has 0 aromatic heterocycles. The maximum atomic E-state index is 12.8. The summed E-state index contributed by atoms with van der Waals surface area (Å²) in [6, 6.07) is -1.93. The summed E-state index contributed by atoms with van der Waals surface area (Å²) in [5.41, 5.74) is 6.03. The highest BCUT2D eigenvalue weighted by molar-refractivity contribution is 5.92. The van der Waals surface area contributed by atoms with Crippen LogP contribution in [0.15, 0.2) is 0 Å². The quantitative estimate of drug-likeness (QED) is 0.626. The van der Waals surface area contributed by atoms with Gasteiger partial charge in [-0.2, -0.15) is 0 Å². The van der Waals surface area contributed by atoms with Gasteiger partial charge in [-0.3, -0.25) is 14.4 Å². The van der Waals surface area contributed by atoms with Gasteiger partial charge < -0.3 is 25.7 Å². The van der Waals surface area contributed by atoms with E-state index in [2.05, 4.69) is 0 Å². The Morgan fingerprint density at radius 1 is 1.04 bits per heavy atom. The predicted octanol–water partition coefficient (Wildman–Crippen LogP) is 0.517. The molecule has 2 rings (SSSR count).